The van der Waals surface area contributed by atoms with Crippen molar-refractivity contribution in [3.05, 3.63) is 34.5 Å². The Hall–Kier alpha value is -1.29. The molecule has 80 valence electrons. The highest BCUT2D eigenvalue weighted by molar-refractivity contribution is 6.17. The van der Waals surface area contributed by atoms with Gasteiger partial charge >= 0.3 is 0 Å². The van der Waals surface area contributed by atoms with Crippen LogP contribution in [-0.4, -0.2) is 20.1 Å². The van der Waals surface area contributed by atoms with Gasteiger partial charge in [0.1, 0.15) is 5.52 Å². The zero-order valence-corrected chi connectivity index (χ0v) is 9.24. The molecule has 2 aromatic rings. The third-order valence-electron chi connectivity index (χ3n) is 2.26. The molecule has 0 aliphatic heterocycles. The Morgan fingerprint density at radius 1 is 1.47 bits per heavy atom. The van der Waals surface area contributed by atoms with Crippen LogP contribution in [-0.2, 0) is 6.54 Å². The third-order valence-corrected chi connectivity index (χ3v) is 2.53. The first-order chi connectivity index (χ1) is 7.22. The minimum atomic E-state index is -0.0109. The van der Waals surface area contributed by atoms with E-state index in [1.165, 1.54) is 0 Å². The largest absolute Gasteiger partial charge is 0.312 e. The van der Waals surface area contributed by atoms with Gasteiger partial charge in [0.2, 0.25) is 0 Å². The first-order valence-corrected chi connectivity index (χ1v) is 5.37. The Morgan fingerprint density at radius 2 is 2.27 bits per heavy atom. The van der Waals surface area contributed by atoms with Gasteiger partial charge in [-0.3, -0.25) is 4.79 Å². The SMILES string of the molecule is Cc1cc2c(=O)n(CCCCl)ccn2n1. The summed E-state index contributed by atoms with van der Waals surface area (Å²) in [7, 11) is 0. The van der Waals surface area contributed by atoms with E-state index >= 15 is 0 Å². The fourth-order valence-corrected chi connectivity index (χ4v) is 1.67. The standard InChI is InChI=1S/C10H12ClN3O/c1-8-7-9-10(15)13(4-2-3-11)5-6-14(9)12-8/h5-7H,2-4H2,1H3. The molecule has 0 bridgehead atoms. The average Bonchev–Trinajstić information content (AvgIpc) is 2.59. The predicted octanol–water partition coefficient (Wildman–Crippen LogP) is 1.43. The molecule has 0 fully saturated rings. The molecule has 4 nitrogen and oxygen atoms in total. The van der Waals surface area contributed by atoms with Gasteiger partial charge in [0.15, 0.2) is 0 Å². The molecule has 0 radical (unpaired) electrons. The van der Waals surface area contributed by atoms with Crippen LogP contribution in [0, 0.1) is 6.92 Å². The third kappa shape index (κ3) is 1.90. The van der Waals surface area contributed by atoms with E-state index < -0.39 is 0 Å². The topological polar surface area (TPSA) is 39.3 Å². The van der Waals surface area contributed by atoms with Crippen LogP contribution in [0.1, 0.15) is 12.1 Å². The summed E-state index contributed by atoms with van der Waals surface area (Å²) in [6.45, 7) is 2.53. The molecule has 0 aromatic carbocycles. The second kappa shape index (κ2) is 4.06. The van der Waals surface area contributed by atoms with E-state index in [4.69, 9.17) is 11.6 Å². The normalized spacial score (nSPS) is 11.1. The van der Waals surface area contributed by atoms with Crippen molar-refractivity contribution in [2.24, 2.45) is 0 Å². The molecule has 5 heteroatoms. The Bertz CT molecular complexity index is 529. The molecule has 0 aliphatic rings. The minimum Gasteiger partial charge on any atom is -0.312 e. The Morgan fingerprint density at radius 3 is 3.00 bits per heavy atom. The summed E-state index contributed by atoms with van der Waals surface area (Å²) in [5.41, 5.74) is 1.45. The van der Waals surface area contributed by atoms with Gasteiger partial charge in [0.25, 0.3) is 5.56 Å². The molecule has 0 amide bonds. The highest BCUT2D eigenvalue weighted by Crippen LogP contribution is 2.00. The molecule has 0 saturated heterocycles. The summed E-state index contributed by atoms with van der Waals surface area (Å²) in [4.78, 5) is 11.9. The van der Waals surface area contributed by atoms with Gasteiger partial charge < -0.3 is 4.57 Å². The molecule has 0 saturated carbocycles. The molecular weight excluding hydrogens is 214 g/mol. The maximum absolute atomic E-state index is 11.9. The van der Waals surface area contributed by atoms with Gasteiger partial charge in [-0.05, 0) is 19.4 Å². The summed E-state index contributed by atoms with van der Waals surface area (Å²) in [6.07, 6.45) is 4.33. The summed E-state index contributed by atoms with van der Waals surface area (Å²) in [5, 5.41) is 4.17. The van der Waals surface area contributed by atoms with Crippen molar-refractivity contribution in [2.45, 2.75) is 19.9 Å². The highest BCUT2D eigenvalue weighted by atomic mass is 35.5. The quantitative estimate of drug-likeness (QED) is 0.742. The molecular formula is C10H12ClN3O. The second-order valence-electron chi connectivity index (χ2n) is 3.45. The fraction of sp³-hybridized carbons (Fsp3) is 0.400. The van der Waals surface area contributed by atoms with Crippen LogP contribution >= 0.6 is 11.6 Å². The molecule has 0 aliphatic carbocycles. The van der Waals surface area contributed by atoms with Crippen LogP contribution in [0.3, 0.4) is 0 Å². The first-order valence-electron chi connectivity index (χ1n) is 4.84. The Kier molecular flexibility index (Phi) is 2.77. The number of aromatic nitrogens is 3. The molecule has 0 atom stereocenters. The van der Waals surface area contributed by atoms with Gasteiger partial charge in [0.05, 0.1) is 5.69 Å². The fourth-order valence-electron chi connectivity index (χ4n) is 1.55. The highest BCUT2D eigenvalue weighted by Gasteiger charge is 2.04. The molecule has 0 spiro atoms. The maximum Gasteiger partial charge on any atom is 0.276 e. The number of hydrogen-bond acceptors (Lipinski definition) is 2. The predicted molar refractivity (Wildman–Crippen MR) is 59.5 cm³/mol. The van der Waals surface area contributed by atoms with Crippen LogP contribution < -0.4 is 5.56 Å². The summed E-state index contributed by atoms with van der Waals surface area (Å²) in [6, 6.07) is 1.79. The van der Waals surface area contributed by atoms with E-state index in [0.29, 0.717) is 17.9 Å². The van der Waals surface area contributed by atoms with E-state index in [2.05, 4.69) is 5.10 Å². The monoisotopic (exact) mass is 225 g/mol. The molecule has 2 heterocycles. The van der Waals surface area contributed by atoms with Crippen LogP contribution in [0.4, 0.5) is 0 Å². The molecule has 2 rings (SSSR count). The van der Waals surface area contributed by atoms with Crippen molar-refractivity contribution in [3.8, 4) is 0 Å². The number of halogens is 1. The Balaban J connectivity index is 2.50. The van der Waals surface area contributed by atoms with Gasteiger partial charge in [-0.15, -0.1) is 11.6 Å². The molecule has 15 heavy (non-hydrogen) atoms. The van der Waals surface area contributed by atoms with Crippen molar-refractivity contribution in [2.75, 3.05) is 5.88 Å². The van der Waals surface area contributed by atoms with E-state index in [1.54, 1.807) is 27.5 Å². The van der Waals surface area contributed by atoms with E-state index in [-0.39, 0.29) is 5.56 Å². The van der Waals surface area contributed by atoms with Gasteiger partial charge in [0, 0.05) is 24.8 Å². The summed E-state index contributed by atoms with van der Waals surface area (Å²) in [5.74, 6) is 0.565. The summed E-state index contributed by atoms with van der Waals surface area (Å²) < 4.78 is 3.27. The molecule has 0 unspecified atom stereocenters. The second-order valence-corrected chi connectivity index (χ2v) is 3.83. The van der Waals surface area contributed by atoms with Crippen LogP contribution in [0.5, 0.6) is 0 Å². The smallest absolute Gasteiger partial charge is 0.276 e. The zero-order valence-electron chi connectivity index (χ0n) is 8.48. The van der Waals surface area contributed by atoms with E-state index in [0.717, 1.165) is 12.1 Å². The lowest BCUT2D eigenvalue weighted by atomic mass is 10.4. The lowest BCUT2D eigenvalue weighted by molar-refractivity contribution is 0.650. The summed E-state index contributed by atoms with van der Waals surface area (Å²) >= 11 is 5.59. The number of aryl methyl sites for hydroxylation is 2. The first kappa shape index (κ1) is 10.2. The molecule has 2 aromatic heterocycles. The number of rotatable bonds is 3. The van der Waals surface area contributed by atoms with Crippen LogP contribution in [0.2, 0.25) is 0 Å². The number of alkyl halides is 1. The zero-order chi connectivity index (χ0) is 10.8. The van der Waals surface area contributed by atoms with Gasteiger partial charge in [-0.1, -0.05) is 0 Å². The van der Waals surface area contributed by atoms with Crippen molar-refractivity contribution in [1.82, 2.24) is 14.2 Å². The maximum atomic E-state index is 11.9. The van der Waals surface area contributed by atoms with Crippen LogP contribution in [0.15, 0.2) is 23.3 Å². The number of fused-ring (bicyclic) bond motifs is 1. The average molecular weight is 226 g/mol. The lowest BCUT2D eigenvalue weighted by Gasteiger charge is -2.03. The molecule has 0 N–H and O–H groups in total. The van der Waals surface area contributed by atoms with E-state index in [9.17, 15) is 4.79 Å². The van der Waals surface area contributed by atoms with Gasteiger partial charge in [-0.25, -0.2) is 4.52 Å². The van der Waals surface area contributed by atoms with Gasteiger partial charge in [-0.2, -0.15) is 5.10 Å². The number of hydrogen-bond donors (Lipinski definition) is 0. The van der Waals surface area contributed by atoms with Crippen LogP contribution in [0.25, 0.3) is 5.52 Å². The van der Waals surface area contributed by atoms with Crippen molar-refractivity contribution in [1.29, 1.82) is 0 Å². The lowest BCUT2D eigenvalue weighted by Crippen LogP contribution is -2.21. The van der Waals surface area contributed by atoms with Crippen molar-refractivity contribution >= 4 is 17.1 Å². The Labute approximate surface area is 92.1 Å². The van der Waals surface area contributed by atoms with E-state index in [1.807, 2.05) is 6.92 Å². The minimum absolute atomic E-state index is 0.0109. The van der Waals surface area contributed by atoms with Crippen molar-refractivity contribution in [3.63, 3.8) is 0 Å². The number of nitrogens with zero attached hydrogens (tertiary/aromatic N) is 3. The van der Waals surface area contributed by atoms with Crippen molar-refractivity contribution < 1.29 is 0 Å².